The molecule has 1 amide bonds. The Morgan fingerprint density at radius 1 is 0.941 bits per heavy atom. The van der Waals surface area contributed by atoms with E-state index in [2.05, 4.69) is 35.5 Å². The molecule has 1 N–H and O–H groups in total. The van der Waals surface area contributed by atoms with Gasteiger partial charge in [0.1, 0.15) is 6.61 Å². The number of nitrogens with one attached hydrogen (secondary N) is 1. The molecule has 3 aromatic carbocycles. The van der Waals surface area contributed by atoms with E-state index in [-0.39, 0.29) is 24.9 Å². The van der Waals surface area contributed by atoms with Crippen molar-refractivity contribution < 1.29 is 19.1 Å². The van der Waals surface area contributed by atoms with Gasteiger partial charge in [0.25, 0.3) is 0 Å². The van der Waals surface area contributed by atoms with Crippen LogP contribution in [-0.2, 0) is 20.7 Å². The zero-order valence-electron chi connectivity index (χ0n) is 19.8. The topological polar surface area (TPSA) is 64.6 Å². The number of ether oxygens (including phenoxy) is 2. The molecule has 34 heavy (non-hydrogen) atoms. The monoisotopic (exact) mass is 453 g/mol. The summed E-state index contributed by atoms with van der Waals surface area (Å²) >= 11 is 0. The van der Waals surface area contributed by atoms with E-state index < -0.39 is 6.09 Å². The van der Waals surface area contributed by atoms with Gasteiger partial charge in [-0.05, 0) is 65.3 Å². The van der Waals surface area contributed by atoms with E-state index in [9.17, 15) is 9.59 Å². The lowest BCUT2D eigenvalue weighted by Gasteiger charge is -2.20. The largest absolute Gasteiger partial charge is 0.469 e. The van der Waals surface area contributed by atoms with Crippen molar-refractivity contribution in [3.05, 3.63) is 87.5 Å². The van der Waals surface area contributed by atoms with Gasteiger partial charge in [-0.25, -0.2) is 4.79 Å². The number of hydrogen-bond donors (Lipinski definition) is 1. The van der Waals surface area contributed by atoms with Gasteiger partial charge in [-0.2, -0.15) is 0 Å². The third kappa shape index (κ3) is 4.04. The van der Waals surface area contributed by atoms with Crippen LogP contribution in [0.1, 0.15) is 44.9 Å². The van der Waals surface area contributed by atoms with Crippen molar-refractivity contribution in [2.45, 2.75) is 33.1 Å². The third-order valence-corrected chi connectivity index (χ3v) is 6.67. The van der Waals surface area contributed by atoms with Crippen molar-refractivity contribution in [3.63, 3.8) is 0 Å². The predicted molar refractivity (Wildman–Crippen MR) is 133 cm³/mol. The van der Waals surface area contributed by atoms with Crippen LogP contribution < -0.4 is 5.32 Å². The third-order valence-electron chi connectivity index (χ3n) is 6.67. The highest BCUT2D eigenvalue weighted by molar-refractivity contribution is 5.89. The molecule has 5 nitrogen and oxygen atoms in total. The Labute approximate surface area is 200 Å². The summed E-state index contributed by atoms with van der Waals surface area (Å²) in [6.45, 7) is 5.80. The smallest absolute Gasteiger partial charge is 0.411 e. The van der Waals surface area contributed by atoms with Crippen LogP contribution >= 0.6 is 0 Å². The van der Waals surface area contributed by atoms with Gasteiger partial charge >= 0.3 is 12.1 Å². The fourth-order valence-electron chi connectivity index (χ4n) is 4.89. The molecule has 5 heteroatoms. The lowest BCUT2D eigenvalue weighted by Crippen LogP contribution is -2.20. The second-order valence-electron chi connectivity index (χ2n) is 8.45. The number of hydrogen-bond acceptors (Lipinski definition) is 4. The minimum atomic E-state index is -0.566. The first-order chi connectivity index (χ1) is 16.4. The van der Waals surface area contributed by atoms with E-state index in [1.165, 1.54) is 18.2 Å². The van der Waals surface area contributed by atoms with Gasteiger partial charge in [-0.3, -0.25) is 10.1 Å². The van der Waals surface area contributed by atoms with Crippen molar-refractivity contribution in [1.29, 1.82) is 0 Å². The lowest BCUT2D eigenvalue weighted by molar-refractivity contribution is -0.139. The second-order valence-corrected chi connectivity index (χ2v) is 8.45. The lowest BCUT2D eigenvalue weighted by atomic mass is 9.90. The number of carbonyl (C=O) groups excluding carboxylic acids is 2. The van der Waals surface area contributed by atoms with Crippen LogP contribution in [0.15, 0.2) is 48.5 Å². The number of methoxy groups -OCH3 is 1. The normalized spacial score (nSPS) is 11.9. The second kappa shape index (κ2) is 9.44. The minimum absolute atomic E-state index is 0.0329. The first kappa shape index (κ1) is 23.1. The van der Waals surface area contributed by atoms with Crippen LogP contribution in [0.5, 0.6) is 0 Å². The number of anilines is 1. The van der Waals surface area contributed by atoms with E-state index in [1.807, 2.05) is 45.0 Å². The number of esters is 1. The van der Waals surface area contributed by atoms with E-state index in [0.29, 0.717) is 11.3 Å². The highest BCUT2D eigenvalue weighted by Gasteiger charge is 2.29. The van der Waals surface area contributed by atoms with Gasteiger partial charge in [0.05, 0.1) is 19.2 Å². The molecule has 0 heterocycles. The molecule has 0 fully saturated rings. The molecule has 0 aliphatic heterocycles. The summed E-state index contributed by atoms with van der Waals surface area (Å²) in [5.41, 5.74) is 8.97. The maximum Gasteiger partial charge on any atom is 0.411 e. The highest BCUT2D eigenvalue weighted by atomic mass is 16.5. The molecule has 1 aliphatic carbocycles. The molecule has 0 unspecified atom stereocenters. The van der Waals surface area contributed by atoms with Gasteiger partial charge in [0.15, 0.2) is 0 Å². The van der Waals surface area contributed by atoms with Crippen LogP contribution in [0.2, 0.25) is 0 Å². The predicted octanol–water partition coefficient (Wildman–Crippen LogP) is 5.67. The van der Waals surface area contributed by atoms with Crippen LogP contribution in [0.4, 0.5) is 10.5 Å². The number of terminal acetylenes is 1. The molecule has 3 aromatic rings. The number of fused-ring (bicyclic) bond motifs is 3. The fraction of sp³-hybridized carbons (Fsp3) is 0.241. The van der Waals surface area contributed by atoms with E-state index in [4.69, 9.17) is 15.9 Å². The number of rotatable bonds is 5. The summed E-state index contributed by atoms with van der Waals surface area (Å²) in [6.07, 6.45) is 5.26. The fourth-order valence-corrected chi connectivity index (χ4v) is 4.89. The van der Waals surface area contributed by atoms with Gasteiger partial charge in [0, 0.05) is 11.5 Å². The zero-order chi connectivity index (χ0) is 24.4. The Balaban J connectivity index is 1.58. The first-order valence-electron chi connectivity index (χ1n) is 11.1. The Morgan fingerprint density at radius 2 is 1.53 bits per heavy atom. The summed E-state index contributed by atoms with van der Waals surface area (Å²) in [7, 11) is 1.35. The zero-order valence-corrected chi connectivity index (χ0v) is 19.8. The van der Waals surface area contributed by atoms with E-state index in [1.54, 1.807) is 0 Å². The number of benzene rings is 3. The molecule has 0 saturated heterocycles. The van der Waals surface area contributed by atoms with Gasteiger partial charge in [-0.1, -0.05) is 54.5 Å². The molecule has 0 saturated carbocycles. The van der Waals surface area contributed by atoms with Crippen molar-refractivity contribution in [2.24, 2.45) is 0 Å². The van der Waals surface area contributed by atoms with Crippen molar-refractivity contribution in [3.8, 4) is 23.5 Å². The Morgan fingerprint density at radius 3 is 2.09 bits per heavy atom. The van der Waals surface area contributed by atoms with E-state index >= 15 is 0 Å². The molecule has 0 bridgehead atoms. The summed E-state index contributed by atoms with van der Waals surface area (Å²) in [5, 5.41) is 2.88. The molecule has 1 aliphatic rings. The maximum absolute atomic E-state index is 12.9. The Hall–Kier alpha value is -4.04. The van der Waals surface area contributed by atoms with Gasteiger partial charge in [0.2, 0.25) is 0 Å². The standard InChI is InChI=1S/C29H27NO4/c1-6-20-17(2)25(15-27(31)33-5)19(4)28(18(20)3)30-29(32)34-16-26-23-13-9-7-11-21(23)22-12-8-10-14-24(22)26/h1,7-14,26H,15-16H2,2-5H3,(H,30,32). The van der Waals surface area contributed by atoms with Crippen molar-refractivity contribution >= 4 is 17.7 Å². The Kier molecular flexibility index (Phi) is 6.43. The van der Waals surface area contributed by atoms with Gasteiger partial charge < -0.3 is 9.47 Å². The molecule has 0 spiro atoms. The number of amides is 1. The molecular weight excluding hydrogens is 426 g/mol. The SMILES string of the molecule is C#Cc1c(C)c(CC(=O)OC)c(C)c(NC(=O)OCC2c3ccccc3-c3ccccc32)c1C. The molecule has 0 radical (unpaired) electrons. The van der Waals surface area contributed by atoms with Crippen molar-refractivity contribution in [2.75, 3.05) is 19.0 Å². The average molecular weight is 454 g/mol. The molecule has 4 rings (SSSR count). The minimum Gasteiger partial charge on any atom is -0.469 e. The highest BCUT2D eigenvalue weighted by Crippen LogP contribution is 2.44. The van der Waals surface area contributed by atoms with Crippen LogP contribution in [-0.4, -0.2) is 25.8 Å². The van der Waals surface area contributed by atoms with Crippen molar-refractivity contribution in [1.82, 2.24) is 0 Å². The first-order valence-corrected chi connectivity index (χ1v) is 11.1. The molecule has 0 aromatic heterocycles. The summed E-state index contributed by atoms with van der Waals surface area (Å²) in [4.78, 5) is 24.9. The van der Waals surface area contributed by atoms with Gasteiger partial charge in [-0.15, -0.1) is 6.42 Å². The number of carbonyl (C=O) groups is 2. The van der Waals surface area contributed by atoms with Crippen LogP contribution in [0.3, 0.4) is 0 Å². The maximum atomic E-state index is 12.9. The van der Waals surface area contributed by atoms with Crippen LogP contribution in [0.25, 0.3) is 11.1 Å². The molecule has 172 valence electrons. The average Bonchev–Trinajstić information content (AvgIpc) is 3.17. The quantitative estimate of drug-likeness (QED) is 0.399. The molecule has 0 atom stereocenters. The summed E-state index contributed by atoms with van der Waals surface area (Å²) in [6, 6.07) is 16.4. The molecular formula is C29H27NO4. The van der Waals surface area contributed by atoms with E-state index in [0.717, 1.165) is 33.4 Å². The van der Waals surface area contributed by atoms with Crippen LogP contribution in [0, 0.1) is 33.1 Å². The summed E-state index contributed by atoms with van der Waals surface area (Å²) < 4.78 is 10.5. The summed E-state index contributed by atoms with van der Waals surface area (Å²) in [5.74, 6) is 2.29. The Bertz CT molecular complexity index is 1290.